The third kappa shape index (κ3) is 3.89. The van der Waals surface area contributed by atoms with Crippen molar-refractivity contribution in [3.8, 4) is 5.69 Å². The number of aromatic nitrogens is 2. The third-order valence-corrected chi connectivity index (χ3v) is 3.93. The van der Waals surface area contributed by atoms with E-state index in [0.717, 1.165) is 0 Å². The van der Waals surface area contributed by atoms with Crippen molar-refractivity contribution in [1.82, 2.24) is 15.1 Å². The molecule has 0 aliphatic carbocycles. The summed E-state index contributed by atoms with van der Waals surface area (Å²) >= 11 is 0. The Labute approximate surface area is 153 Å². The van der Waals surface area contributed by atoms with Gasteiger partial charge in [0.2, 0.25) is 5.91 Å². The lowest BCUT2D eigenvalue weighted by Gasteiger charge is -2.14. The molecule has 3 rings (SSSR count). The minimum absolute atomic E-state index is 0.0462. The van der Waals surface area contributed by atoms with Gasteiger partial charge in [-0.1, -0.05) is 0 Å². The Kier molecular flexibility index (Phi) is 5.06. The maximum absolute atomic E-state index is 14.5. The first-order valence-electron chi connectivity index (χ1n) is 8.05. The van der Waals surface area contributed by atoms with Crippen LogP contribution in [0.15, 0.2) is 30.5 Å². The summed E-state index contributed by atoms with van der Waals surface area (Å²) < 4.78 is 25.5. The molecule has 1 fully saturated rings. The lowest BCUT2D eigenvalue weighted by Crippen LogP contribution is -2.33. The summed E-state index contributed by atoms with van der Waals surface area (Å²) in [5, 5.41) is 6.54. The summed E-state index contributed by atoms with van der Waals surface area (Å²) in [6, 6.07) is 5.56. The average Bonchev–Trinajstić information content (AvgIpc) is 3.26. The highest BCUT2D eigenvalue weighted by atomic mass is 19.1. The van der Waals surface area contributed by atoms with Crippen LogP contribution < -0.4 is 10.2 Å². The van der Waals surface area contributed by atoms with E-state index in [0.29, 0.717) is 5.69 Å². The maximum Gasteiger partial charge on any atom is 0.414 e. The zero-order chi connectivity index (χ0) is 19.6. The monoisotopic (exact) mass is 376 g/mol. The van der Waals surface area contributed by atoms with Crippen molar-refractivity contribution in [3.05, 3.63) is 42.0 Å². The standard InChI is InChI=1S/C17H17FN4O5/c1-10(23)19-8-12-9-21(17(25)27-12)11-3-4-15(13(18)7-11)22-6-5-14(20-22)16(24)26-2/h3-7,12H,8-9H2,1-2H3,(H,19,23). The number of methoxy groups -OCH3 is 1. The molecule has 1 saturated heterocycles. The van der Waals surface area contributed by atoms with E-state index >= 15 is 0 Å². The van der Waals surface area contributed by atoms with Crippen molar-refractivity contribution in [3.63, 3.8) is 0 Å². The Bertz CT molecular complexity index is 897. The summed E-state index contributed by atoms with van der Waals surface area (Å²) in [6.45, 7) is 1.73. The van der Waals surface area contributed by atoms with E-state index in [2.05, 4.69) is 15.2 Å². The minimum Gasteiger partial charge on any atom is -0.464 e. The van der Waals surface area contributed by atoms with E-state index in [-0.39, 0.29) is 30.4 Å². The number of ether oxygens (including phenoxy) is 2. The second kappa shape index (κ2) is 7.44. The second-order valence-corrected chi connectivity index (χ2v) is 5.83. The molecular formula is C17H17FN4O5. The smallest absolute Gasteiger partial charge is 0.414 e. The van der Waals surface area contributed by atoms with Crippen LogP contribution in [0.5, 0.6) is 0 Å². The SMILES string of the molecule is COC(=O)c1ccn(-c2ccc(N3CC(CNC(C)=O)OC3=O)cc2F)n1. The molecule has 27 heavy (non-hydrogen) atoms. The summed E-state index contributed by atoms with van der Waals surface area (Å²) in [5.74, 6) is -1.49. The molecule has 1 aromatic carbocycles. The number of cyclic esters (lactones) is 1. The average molecular weight is 376 g/mol. The number of amides is 2. The predicted molar refractivity (Wildman–Crippen MR) is 91.2 cm³/mol. The summed E-state index contributed by atoms with van der Waals surface area (Å²) in [5.41, 5.74) is 0.466. The van der Waals surface area contributed by atoms with Gasteiger partial charge in [0.25, 0.3) is 0 Å². The highest BCUT2D eigenvalue weighted by molar-refractivity contribution is 5.90. The number of halogens is 1. The number of carbonyl (C=O) groups is 3. The summed E-state index contributed by atoms with van der Waals surface area (Å²) in [4.78, 5) is 35.7. The molecule has 2 amide bonds. The molecule has 1 atom stereocenters. The Morgan fingerprint density at radius 3 is 2.85 bits per heavy atom. The Morgan fingerprint density at radius 2 is 2.19 bits per heavy atom. The predicted octanol–water partition coefficient (Wildman–Crippen LogP) is 1.26. The highest BCUT2D eigenvalue weighted by Gasteiger charge is 2.32. The molecule has 0 saturated carbocycles. The van der Waals surface area contributed by atoms with Gasteiger partial charge in [0.15, 0.2) is 11.5 Å². The first kappa shape index (κ1) is 18.4. The number of carbonyl (C=O) groups excluding carboxylic acids is 3. The zero-order valence-electron chi connectivity index (χ0n) is 14.6. The van der Waals surface area contributed by atoms with Gasteiger partial charge in [-0.05, 0) is 24.3 Å². The first-order valence-corrected chi connectivity index (χ1v) is 8.05. The van der Waals surface area contributed by atoms with Gasteiger partial charge in [0.1, 0.15) is 11.8 Å². The van der Waals surface area contributed by atoms with E-state index in [4.69, 9.17) is 4.74 Å². The zero-order valence-corrected chi connectivity index (χ0v) is 14.6. The molecule has 0 radical (unpaired) electrons. The van der Waals surface area contributed by atoms with Crippen molar-refractivity contribution >= 4 is 23.7 Å². The molecule has 0 spiro atoms. The molecule has 1 aromatic heterocycles. The van der Waals surface area contributed by atoms with Crippen molar-refractivity contribution in [2.45, 2.75) is 13.0 Å². The number of anilines is 1. The van der Waals surface area contributed by atoms with Gasteiger partial charge in [-0.25, -0.2) is 18.7 Å². The molecule has 10 heteroatoms. The fourth-order valence-corrected chi connectivity index (χ4v) is 2.62. The topological polar surface area (TPSA) is 103 Å². The quantitative estimate of drug-likeness (QED) is 0.788. The van der Waals surface area contributed by atoms with Crippen LogP contribution in [-0.2, 0) is 14.3 Å². The molecule has 1 aliphatic rings. The van der Waals surface area contributed by atoms with E-state index in [9.17, 15) is 18.8 Å². The third-order valence-electron chi connectivity index (χ3n) is 3.93. The molecule has 2 aromatic rings. The van der Waals surface area contributed by atoms with E-state index < -0.39 is 24.0 Å². The fraction of sp³-hybridized carbons (Fsp3) is 0.294. The summed E-state index contributed by atoms with van der Waals surface area (Å²) in [7, 11) is 1.23. The van der Waals surface area contributed by atoms with Crippen molar-refractivity contribution < 1.29 is 28.2 Å². The van der Waals surface area contributed by atoms with Gasteiger partial charge in [0, 0.05) is 13.1 Å². The van der Waals surface area contributed by atoms with Crippen LogP contribution in [-0.4, -0.2) is 54.1 Å². The molecular weight excluding hydrogens is 359 g/mol. The van der Waals surface area contributed by atoms with Crippen LogP contribution in [0.2, 0.25) is 0 Å². The molecule has 1 unspecified atom stereocenters. The van der Waals surface area contributed by atoms with Gasteiger partial charge in [-0.3, -0.25) is 9.69 Å². The number of hydrogen-bond acceptors (Lipinski definition) is 6. The van der Waals surface area contributed by atoms with Crippen LogP contribution in [0.4, 0.5) is 14.9 Å². The van der Waals surface area contributed by atoms with Crippen LogP contribution in [0.25, 0.3) is 5.69 Å². The number of nitrogens with zero attached hydrogens (tertiary/aromatic N) is 3. The van der Waals surface area contributed by atoms with E-state index in [1.807, 2.05) is 0 Å². The van der Waals surface area contributed by atoms with E-state index in [1.165, 1.54) is 48.0 Å². The molecule has 142 valence electrons. The fourth-order valence-electron chi connectivity index (χ4n) is 2.62. The maximum atomic E-state index is 14.5. The number of hydrogen-bond donors (Lipinski definition) is 1. The van der Waals surface area contributed by atoms with Crippen LogP contribution in [0.3, 0.4) is 0 Å². The van der Waals surface area contributed by atoms with Crippen LogP contribution in [0, 0.1) is 5.82 Å². The molecule has 2 heterocycles. The molecule has 0 bridgehead atoms. The number of nitrogens with one attached hydrogen (secondary N) is 1. The lowest BCUT2D eigenvalue weighted by atomic mass is 10.2. The van der Waals surface area contributed by atoms with Crippen molar-refractivity contribution in [1.29, 1.82) is 0 Å². The Balaban J connectivity index is 1.77. The van der Waals surface area contributed by atoms with Crippen LogP contribution in [0.1, 0.15) is 17.4 Å². The van der Waals surface area contributed by atoms with Gasteiger partial charge in [-0.2, -0.15) is 5.10 Å². The van der Waals surface area contributed by atoms with Crippen molar-refractivity contribution in [2.24, 2.45) is 0 Å². The van der Waals surface area contributed by atoms with Gasteiger partial charge < -0.3 is 14.8 Å². The number of rotatable bonds is 5. The largest absolute Gasteiger partial charge is 0.464 e. The van der Waals surface area contributed by atoms with Crippen molar-refractivity contribution in [2.75, 3.05) is 25.1 Å². The van der Waals surface area contributed by atoms with Gasteiger partial charge in [0.05, 0.1) is 25.9 Å². The second-order valence-electron chi connectivity index (χ2n) is 5.83. The number of esters is 1. The highest BCUT2D eigenvalue weighted by Crippen LogP contribution is 2.25. The minimum atomic E-state index is -0.634. The van der Waals surface area contributed by atoms with E-state index in [1.54, 1.807) is 6.07 Å². The molecule has 1 aliphatic heterocycles. The normalized spacial score (nSPS) is 16.2. The first-order chi connectivity index (χ1) is 12.9. The van der Waals surface area contributed by atoms with Crippen LogP contribution >= 0.6 is 0 Å². The van der Waals surface area contributed by atoms with Gasteiger partial charge in [-0.15, -0.1) is 0 Å². The Hall–Kier alpha value is -3.43. The molecule has 1 N–H and O–H groups in total. The van der Waals surface area contributed by atoms with Gasteiger partial charge >= 0.3 is 12.1 Å². The number of benzene rings is 1. The summed E-state index contributed by atoms with van der Waals surface area (Å²) in [6.07, 6.45) is 0.292. The lowest BCUT2D eigenvalue weighted by molar-refractivity contribution is -0.119. The Morgan fingerprint density at radius 1 is 1.41 bits per heavy atom. The molecule has 9 nitrogen and oxygen atoms in total.